The fourth-order valence-electron chi connectivity index (χ4n) is 3.29. The van der Waals surface area contributed by atoms with Crippen LogP contribution >= 0.6 is 0 Å². The third kappa shape index (κ3) is 3.45. The number of rotatable bonds is 4. The quantitative estimate of drug-likeness (QED) is 0.677. The van der Waals surface area contributed by atoms with Gasteiger partial charge in [0.05, 0.1) is 23.5 Å². The lowest BCUT2D eigenvalue weighted by Gasteiger charge is -2.33. The van der Waals surface area contributed by atoms with Crippen LogP contribution in [0.1, 0.15) is 34.3 Å². The van der Waals surface area contributed by atoms with Crippen molar-refractivity contribution in [2.45, 2.75) is 33.5 Å². The lowest BCUT2D eigenvalue weighted by molar-refractivity contribution is 0.0961. The molecular weight excluding hydrogens is 356 g/mol. The molecule has 3 aromatic rings. The minimum absolute atomic E-state index is 0.0557. The van der Waals surface area contributed by atoms with Crippen LogP contribution in [0.25, 0.3) is 0 Å². The van der Waals surface area contributed by atoms with E-state index in [0.29, 0.717) is 24.5 Å². The van der Waals surface area contributed by atoms with Gasteiger partial charge < -0.3 is 18.9 Å². The minimum atomic E-state index is -0.0588. The van der Waals surface area contributed by atoms with Gasteiger partial charge in [0.15, 0.2) is 0 Å². The van der Waals surface area contributed by atoms with Gasteiger partial charge in [-0.3, -0.25) is 4.79 Å². The normalized spacial score (nSPS) is 15.7. The first-order valence-electron chi connectivity index (χ1n) is 9.25. The van der Waals surface area contributed by atoms with Crippen LogP contribution in [0.15, 0.2) is 53.1 Å². The van der Waals surface area contributed by atoms with Gasteiger partial charge in [-0.05, 0) is 57.2 Å². The van der Waals surface area contributed by atoms with Gasteiger partial charge in [-0.25, -0.2) is 0 Å². The summed E-state index contributed by atoms with van der Waals surface area (Å²) in [7, 11) is 0. The van der Waals surface area contributed by atoms with E-state index in [2.05, 4.69) is 5.16 Å². The van der Waals surface area contributed by atoms with Crippen LogP contribution in [-0.2, 0) is 6.61 Å². The molecule has 28 heavy (non-hydrogen) atoms. The van der Waals surface area contributed by atoms with Crippen molar-refractivity contribution in [2.75, 3.05) is 11.4 Å². The highest BCUT2D eigenvalue weighted by atomic mass is 16.5. The van der Waals surface area contributed by atoms with Gasteiger partial charge in [0.1, 0.15) is 30.0 Å². The standard InChI is InChI=1S/C22H22N2O4/c1-14-12-24(20-6-4-5-7-21(20)27-14)22(25)17-8-10-18(11-9-17)26-13-19-15(2)23-28-16(19)3/h4-11,14H,12-13H2,1-3H3. The molecule has 1 amide bonds. The van der Waals surface area contributed by atoms with Crippen LogP contribution in [-0.4, -0.2) is 23.7 Å². The van der Waals surface area contributed by atoms with E-state index in [1.54, 1.807) is 29.2 Å². The molecule has 1 aliphatic rings. The van der Waals surface area contributed by atoms with E-state index in [0.717, 1.165) is 28.5 Å². The number of aromatic nitrogens is 1. The topological polar surface area (TPSA) is 64.8 Å². The summed E-state index contributed by atoms with van der Waals surface area (Å²) < 4.78 is 16.8. The van der Waals surface area contributed by atoms with Gasteiger partial charge in [-0.2, -0.15) is 0 Å². The summed E-state index contributed by atoms with van der Waals surface area (Å²) in [4.78, 5) is 14.8. The Labute approximate surface area is 163 Å². The number of para-hydroxylation sites is 2. The predicted octanol–water partition coefficient (Wildman–Crippen LogP) is 4.30. The number of nitrogens with zero attached hydrogens (tertiary/aromatic N) is 2. The van der Waals surface area contributed by atoms with E-state index in [1.807, 2.05) is 45.0 Å². The average Bonchev–Trinajstić information content (AvgIpc) is 3.03. The van der Waals surface area contributed by atoms with Crippen molar-refractivity contribution < 1.29 is 18.8 Å². The molecule has 0 spiro atoms. The highest BCUT2D eigenvalue weighted by Crippen LogP contribution is 2.34. The summed E-state index contributed by atoms with van der Waals surface area (Å²) in [6.45, 7) is 6.60. The summed E-state index contributed by atoms with van der Waals surface area (Å²) in [5.74, 6) is 2.12. The third-order valence-corrected chi connectivity index (χ3v) is 4.83. The van der Waals surface area contributed by atoms with Gasteiger partial charge >= 0.3 is 0 Å². The maximum absolute atomic E-state index is 13.1. The van der Waals surface area contributed by atoms with E-state index >= 15 is 0 Å². The molecule has 0 bridgehead atoms. The number of fused-ring (bicyclic) bond motifs is 1. The maximum atomic E-state index is 13.1. The number of amides is 1. The Morgan fingerprint density at radius 1 is 1.18 bits per heavy atom. The highest BCUT2D eigenvalue weighted by molar-refractivity contribution is 6.07. The number of aryl methyl sites for hydroxylation is 2. The second kappa shape index (κ2) is 7.38. The second-order valence-electron chi connectivity index (χ2n) is 6.93. The van der Waals surface area contributed by atoms with E-state index in [4.69, 9.17) is 14.0 Å². The number of ether oxygens (including phenoxy) is 2. The maximum Gasteiger partial charge on any atom is 0.258 e. The van der Waals surface area contributed by atoms with Crippen molar-refractivity contribution in [2.24, 2.45) is 0 Å². The Morgan fingerprint density at radius 2 is 1.93 bits per heavy atom. The number of carbonyl (C=O) groups excluding carboxylic acids is 1. The average molecular weight is 378 g/mol. The molecule has 2 heterocycles. The highest BCUT2D eigenvalue weighted by Gasteiger charge is 2.28. The van der Waals surface area contributed by atoms with Gasteiger partial charge in [0.25, 0.3) is 5.91 Å². The van der Waals surface area contributed by atoms with Crippen molar-refractivity contribution in [1.29, 1.82) is 0 Å². The molecular formula is C22H22N2O4. The zero-order valence-electron chi connectivity index (χ0n) is 16.1. The molecule has 1 aromatic heterocycles. The third-order valence-electron chi connectivity index (χ3n) is 4.83. The van der Waals surface area contributed by atoms with E-state index < -0.39 is 0 Å². The van der Waals surface area contributed by atoms with Crippen LogP contribution in [0.5, 0.6) is 11.5 Å². The fraction of sp³-hybridized carbons (Fsp3) is 0.273. The number of hydrogen-bond acceptors (Lipinski definition) is 5. The lowest BCUT2D eigenvalue weighted by Crippen LogP contribution is -2.42. The zero-order valence-corrected chi connectivity index (χ0v) is 16.1. The van der Waals surface area contributed by atoms with Gasteiger partial charge in [0.2, 0.25) is 0 Å². The Hall–Kier alpha value is -3.28. The SMILES string of the molecule is Cc1noc(C)c1COc1ccc(C(=O)N2CC(C)Oc3ccccc32)cc1. The second-order valence-corrected chi connectivity index (χ2v) is 6.93. The number of benzene rings is 2. The molecule has 4 rings (SSSR count). The van der Waals surface area contributed by atoms with E-state index in [1.165, 1.54) is 0 Å². The summed E-state index contributed by atoms with van der Waals surface area (Å²) in [6.07, 6.45) is -0.0588. The predicted molar refractivity (Wildman–Crippen MR) is 105 cm³/mol. The molecule has 0 saturated heterocycles. The Kier molecular flexibility index (Phi) is 4.77. The van der Waals surface area contributed by atoms with Crippen LogP contribution in [0, 0.1) is 13.8 Å². The molecule has 2 aromatic carbocycles. The Balaban J connectivity index is 1.49. The molecule has 0 saturated carbocycles. The molecule has 0 N–H and O–H groups in total. The van der Waals surface area contributed by atoms with Crippen LogP contribution in [0.3, 0.4) is 0 Å². The largest absolute Gasteiger partial charge is 0.489 e. The number of hydrogen-bond donors (Lipinski definition) is 0. The van der Waals surface area contributed by atoms with Crippen molar-refractivity contribution >= 4 is 11.6 Å². The molecule has 0 aliphatic carbocycles. The number of carbonyl (C=O) groups is 1. The van der Waals surface area contributed by atoms with Crippen molar-refractivity contribution in [3.63, 3.8) is 0 Å². The minimum Gasteiger partial charge on any atom is -0.489 e. The first-order valence-corrected chi connectivity index (χ1v) is 9.25. The number of anilines is 1. The van der Waals surface area contributed by atoms with Crippen LogP contribution in [0.4, 0.5) is 5.69 Å². The summed E-state index contributed by atoms with van der Waals surface area (Å²) in [5, 5.41) is 3.93. The molecule has 1 unspecified atom stereocenters. The Bertz CT molecular complexity index is 975. The lowest BCUT2D eigenvalue weighted by atomic mass is 10.1. The van der Waals surface area contributed by atoms with Crippen molar-refractivity contribution in [3.05, 3.63) is 71.1 Å². The van der Waals surface area contributed by atoms with E-state index in [9.17, 15) is 4.79 Å². The molecule has 1 aliphatic heterocycles. The van der Waals surface area contributed by atoms with Gasteiger partial charge in [-0.1, -0.05) is 17.3 Å². The molecule has 0 fully saturated rings. The first kappa shape index (κ1) is 18.1. The summed E-state index contributed by atoms with van der Waals surface area (Å²) in [5.41, 5.74) is 3.17. The molecule has 1 atom stereocenters. The summed E-state index contributed by atoms with van der Waals surface area (Å²) >= 11 is 0. The molecule has 144 valence electrons. The fourth-order valence-corrected chi connectivity index (χ4v) is 3.29. The Morgan fingerprint density at radius 3 is 2.64 bits per heavy atom. The molecule has 0 radical (unpaired) electrons. The summed E-state index contributed by atoms with van der Waals surface area (Å²) in [6, 6.07) is 14.8. The molecule has 6 heteroatoms. The van der Waals surface area contributed by atoms with Crippen molar-refractivity contribution in [1.82, 2.24) is 5.16 Å². The smallest absolute Gasteiger partial charge is 0.258 e. The van der Waals surface area contributed by atoms with Crippen molar-refractivity contribution in [3.8, 4) is 11.5 Å². The monoisotopic (exact) mass is 378 g/mol. The van der Waals surface area contributed by atoms with Gasteiger partial charge in [-0.15, -0.1) is 0 Å². The van der Waals surface area contributed by atoms with E-state index in [-0.39, 0.29) is 12.0 Å². The zero-order chi connectivity index (χ0) is 19.7. The van der Waals surface area contributed by atoms with Gasteiger partial charge in [0, 0.05) is 5.56 Å². The van der Waals surface area contributed by atoms with Crippen LogP contribution < -0.4 is 14.4 Å². The molecule has 6 nitrogen and oxygen atoms in total. The van der Waals surface area contributed by atoms with Crippen LogP contribution in [0.2, 0.25) is 0 Å². The first-order chi connectivity index (χ1) is 13.5.